The van der Waals surface area contributed by atoms with Gasteiger partial charge in [-0.3, -0.25) is 4.90 Å². The van der Waals surface area contributed by atoms with Crippen molar-refractivity contribution in [3.63, 3.8) is 0 Å². The van der Waals surface area contributed by atoms with Gasteiger partial charge in [0.25, 0.3) is 0 Å². The first-order valence-electron chi connectivity index (χ1n) is 5.76. The average Bonchev–Trinajstić information content (AvgIpc) is 2.57. The molecule has 16 heavy (non-hydrogen) atoms. The number of alkyl halides is 1. The van der Waals surface area contributed by atoms with E-state index >= 15 is 0 Å². The van der Waals surface area contributed by atoms with Crippen molar-refractivity contribution in [2.24, 2.45) is 0 Å². The normalized spacial score (nSPS) is 26.2. The molecule has 1 heterocycles. The predicted octanol–water partition coefficient (Wildman–Crippen LogP) is 4.24. The molecule has 2 rings (SSSR count). The summed E-state index contributed by atoms with van der Waals surface area (Å²) in [6.45, 7) is 4.79. The van der Waals surface area contributed by atoms with Gasteiger partial charge < -0.3 is 0 Å². The summed E-state index contributed by atoms with van der Waals surface area (Å²) < 4.78 is 1.55. The van der Waals surface area contributed by atoms with E-state index in [9.17, 15) is 0 Å². The first-order valence-corrected chi connectivity index (χ1v) is 7.63. The van der Waals surface area contributed by atoms with Gasteiger partial charge in [-0.05, 0) is 50.4 Å². The van der Waals surface area contributed by atoms with Crippen molar-refractivity contribution < 1.29 is 0 Å². The third kappa shape index (κ3) is 3.20. The van der Waals surface area contributed by atoms with Gasteiger partial charge in [0.15, 0.2) is 0 Å². The Morgan fingerprint density at radius 1 is 1.38 bits per heavy atom. The van der Waals surface area contributed by atoms with Crippen LogP contribution < -0.4 is 0 Å². The molecule has 0 radical (unpaired) electrons. The predicted molar refractivity (Wildman–Crippen MR) is 81.1 cm³/mol. The van der Waals surface area contributed by atoms with E-state index in [0.717, 1.165) is 10.9 Å². The summed E-state index contributed by atoms with van der Waals surface area (Å²) in [6, 6.07) is 8.68. The molecule has 1 atom stereocenters. The molecule has 1 nitrogen and oxygen atoms in total. The molecule has 1 aromatic carbocycles. The minimum atomic E-state index is 0.382. The highest BCUT2D eigenvalue weighted by molar-refractivity contribution is 14.1. The van der Waals surface area contributed by atoms with E-state index in [-0.39, 0.29) is 0 Å². The lowest BCUT2D eigenvalue weighted by molar-refractivity contribution is 0.259. The van der Waals surface area contributed by atoms with Crippen LogP contribution in [0.4, 0.5) is 0 Å². The van der Waals surface area contributed by atoms with Crippen molar-refractivity contribution in [2.45, 2.75) is 29.7 Å². The summed E-state index contributed by atoms with van der Waals surface area (Å²) in [5.74, 6) is 0. The van der Waals surface area contributed by atoms with Crippen LogP contribution in [0.1, 0.15) is 25.3 Å². The highest BCUT2D eigenvalue weighted by Gasteiger charge is 2.32. The molecule has 88 valence electrons. The Morgan fingerprint density at radius 3 is 2.62 bits per heavy atom. The van der Waals surface area contributed by atoms with Gasteiger partial charge >= 0.3 is 0 Å². The molecule has 0 spiro atoms. The SMILES string of the molecule is CC1(I)CCCN1CCc1ccc(Br)cc1. The van der Waals surface area contributed by atoms with Crippen LogP contribution in [0.3, 0.4) is 0 Å². The lowest BCUT2D eigenvalue weighted by Crippen LogP contribution is -2.36. The maximum absolute atomic E-state index is 3.47. The molecule has 1 saturated heterocycles. The standard InChI is InChI=1S/C13H17BrIN/c1-13(15)8-2-9-16(13)10-7-11-3-5-12(14)6-4-11/h3-6H,2,7-10H2,1H3. The molecule has 0 bridgehead atoms. The van der Waals surface area contributed by atoms with Crippen molar-refractivity contribution >= 4 is 38.5 Å². The van der Waals surface area contributed by atoms with Crippen molar-refractivity contribution in [3.8, 4) is 0 Å². The summed E-state index contributed by atoms with van der Waals surface area (Å²) >= 11 is 6.06. The van der Waals surface area contributed by atoms with E-state index in [0.29, 0.717) is 3.55 Å². The van der Waals surface area contributed by atoms with Crippen LogP contribution in [0, 0.1) is 0 Å². The number of benzene rings is 1. The molecule has 0 saturated carbocycles. The Labute approximate surface area is 120 Å². The molecule has 1 unspecified atom stereocenters. The summed E-state index contributed by atoms with van der Waals surface area (Å²) in [5, 5.41) is 0. The Kier molecular flexibility index (Phi) is 4.30. The molecule has 0 aliphatic carbocycles. The number of halogens is 2. The van der Waals surface area contributed by atoms with Crippen LogP contribution in [0.15, 0.2) is 28.7 Å². The molecule has 1 fully saturated rings. The quantitative estimate of drug-likeness (QED) is 0.421. The molecule has 1 aromatic rings. The van der Waals surface area contributed by atoms with Crippen molar-refractivity contribution in [2.75, 3.05) is 13.1 Å². The lowest BCUT2D eigenvalue weighted by atomic mass is 10.1. The summed E-state index contributed by atoms with van der Waals surface area (Å²) in [6.07, 6.45) is 3.83. The number of nitrogens with zero attached hydrogens (tertiary/aromatic N) is 1. The van der Waals surface area contributed by atoms with Gasteiger partial charge in [-0.1, -0.05) is 50.7 Å². The third-order valence-electron chi connectivity index (χ3n) is 3.30. The van der Waals surface area contributed by atoms with Crippen LogP contribution in [0.5, 0.6) is 0 Å². The summed E-state index contributed by atoms with van der Waals surface area (Å²) in [5.41, 5.74) is 1.43. The van der Waals surface area contributed by atoms with Crippen LogP contribution in [-0.2, 0) is 6.42 Å². The van der Waals surface area contributed by atoms with E-state index < -0.39 is 0 Å². The first kappa shape index (κ1) is 12.8. The fourth-order valence-electron chi connectivity index (χ4n) is 2.24. The molecular formula is C13H17BrIN. The Balaban J connectivity index is 1.90. The van der Waals surface area contributed by atoms with Gasteiger partial charge in [-0.2, -0.15) is 0 Å². The van der Waals surface area contributed by atoms with E-state index in [4.69, 9.17) is 0 Å². The largest absolute Gasteiger partial charge is 0.289 e. The van der Waals surface area contributed by atoms with E-state index in [2.05, 4.69) is 74.6 Å². The third-order valence-corrected chi connectivity index (χ3v) is 5.05. The Morgan fingerprint density at radius 2 is 2.06 bits per heavy atom. The molecule has 3 heteroatoms. The molecule has 0 aromatic heterocycles. The van der Waals surface area contributed by atoms with Gasteiger partial charge in [-0.15, -0.1) is 0 Å². The van der Waals surface area contributed by atoms with E-state index in [1.807, 2.05) is 0 Å². The maximum Gasteiger partial charge on any atom is 0.0702 e. The Hall–Kier alpha value is 0.390. The topological polar surface area (TPSA) is 3.24 Å². The van der Waals surface area contributed by atoms with Gasteiger partial charge in [0.2, 0.25) is 0 Å². The van der Waals surface area contributed by atoms with Crippen LogP contribution in [0.2, 0.25) is 0 Å². The minimum Gasteiger partial charge on any atom is -0.289 e. The minimum absolute atomic E-state index is 0.382. The molecular weight excluding hydrogens is 377 g/mol. The zero-order valence-corrected chi connectivity index (χ0v) is 13.3. The van der Waals surface area contributed by atoms with Gasteiger partial charge in [0, 0.05) is 11.0 Å². The fourth-order valence-corrected chi connectivity index (χ4v) is 3.37. The molecule has 0 N–H and O–H groups in total. The zero-order valence-electron chi connectivity index (χ0n) is 9.55. The van der Waals surface area contributed by atoms with Gasteiger partial charge in [0.1, 0.15) is 0 Å². The van der Waals surface area contributed by atoms with Crippen molar-refractivity contribution in [1.82, 2.24) is 4.90 Å². The lowest BCUT2D eigenvalue weighted by Gasteiger charge is -2.29. The van der Waals surface area contributed by atoms with Crippen LogP contribution >= 0.6 is 38.5 Å². The number of hydrogen-bond acceptors (Lipinski definition) is 1. The highest BCUT2D eigenvalue weighted by atomic mass is 127. The number of hydrogen-bond donors (Lipinski definition) is 0. The number of likely N-dealkylation sites (tertiary alicyclic amines) is 1. The second-order valence-electron chi connectivity index (χ2n) is 4.61. The first-order chi connectivity index (χ1) is 7.58. The van der Waals surface area contributed by atoms with Gasteiger partial charge in [0.05, 0.1) is 3.55 Å². The van der Waals surface area contributed by atoms with Gasteiger partial charge in [-0.25, -0.2) is 0 Å². The van der Waals surface area contributed by atoms with E-state index in [1.165, 1.54) is 31.5 Å². The second kappa shape index (κ2) is 5.36. The van der Waals surface area contributed by atoms with Crippen LogP contribution in [0.25, 0.3) is 0 Å². The second-order valence-corrected chi connectivity index (χ2v) is 7.85. The van der Waals surface area contributed by atoms with Crippen molar-refractivity contribution in [1.29, 1.82) is 0 Å². The van der Waals surface area contributed by atoms with E-state index in [1.54, 1.807) is 0 Å². The number of rotatable bonds is 3. The Bertz CT molecular complexity index is 347. The zero-order chi connectivity index (χ0) is 11.6. The molecule has 1 aliphatic heterocycles. The monoisotopic (exact) mass is 393 g/mol. The molecule has 0 amide bonds. The summed E-state index contributed by atoms with van der Waals surface area (Å²) in [7, 11) is 0. The smallest absolute Gasteiger partial charge is 0.0702 e. The van der Waals surface area contributed by atoms with Crippen LogP contribution in [-0.4, -0.2) is 21.5 Å². The molecule has 1 aliphatic rings. The summed E-state index contributed by atoms with van der Waals surface area (Å²) in [4.78, 5) is 2.61. The van der Waals surface area contributed by atoms with Crippen molar-refractivity contribution in [3.05, 3.63) is 34.3 Å². The average molecular weight is 394 g/mol. The maximum atomic E-state index is 3.47. The highest BCUT2D eigenvalue weighted by Crippen LogP contribution is 2.34. The fraction of sp³-hybridized carbons (Fsp3) is 0.538.